The molecule has 5 nitrogen and oxygen atoms in total. The zero-order valence-electron chi connectivity index (χ0n) is 16.1. The summed E-state index contributed by atoms with van der Waals surface area (Å²) in [4.78, 5) is 26.0. The first-order chi connectivity index (χ1) is 13.7. The van der Waals surface area contributed by atoms with Crippen molar-refractivity contribution < 1.29 is 4.79 Å². The van der Waals surface area contributed by atoms with Gasteiger partial charge in [0, 0.05) is 56.2 Å². The first-order valence-electron chi connectivity index (χ1n) is 9.64. The largest absolute Gasteiger partial charge is 0.336 e. The first kappa shape index (κ1) is 18.3. The third-order valence-electron chi connectivity index (χ3n) is 5.19. The van der Waals surface area contributed by atoms with Crippen molar-refractivity contribution >= 4 is 5.91 Å². The van der Waals surface area contributed by atoms with Gasteiger partial charge in [0.25, 0.3) is 5.91 Å². The predicted molar refractivity (Wildman–Crippen MR) is 110 cm³/mol. The van der Waals surface area contributed by atoms with Crippen molar-refractivity contribution in [3.8, 4) is 11.3 Å². The SMILES string of the molecule is Cc1cccnc1-c1ccc(C(=O)N2CCN(Cc3ccccn3)CC2)cc1. The van der Waals surface area contributed by atoms with Gasteiger partial charge in [-0.2, -0.15) is 0 Å². The van der Waals surface area contributed by atoms with E-state index in [1.54, 1.807) is 6.20 Å². The van der Waals surface area contributed by atoms with Crippen LogP contribution in [0.1, 0.15) is 21.6 Å². The fourth-order valence-corrected chi connectivity index (χ4v) is 3.57. The van der Waals surface area contributed by atoms with E-state index in [1.807, 2.05) is 72.6 Å². The fourth-order valence-electron chi connectivity index (χ4n) is 3.57. The third-order valence-corrected chi connectivity index (χ3v) is 5.19. The topological polar surface area (TPSA) is 49.3 Å². The Labute approximate surface area is 165 Å². The van der Waals surface area contributed by atoms with Gasteiger partial charge < -0.3 is 4.90 Å². The summed E-state index contributed by atoms with van der Waals surface area (Å²) in [6.45, 7) is 6.10. The molecule has 0 spiro atoms. The maximum absolute atomic E-state index is 12.9. The molecule has 0 aliphatic carbocycles. The third kappa shape index (κ3) is 4.10. The molecule has 1 aliphatic heterocycles. The lowest BCUT2D eigenvalue weighted by molar-refractivity contribution is 0.0627. The Hall–Kier alpha value is -3.05. The van der Waals surface area contributed by atoms with Crippen LogP contribution in [0.25, 0.3) is 11.3 Å². The smallest absolute Gasteiger partial charge is 0.253 e. The fraction of sp³-hybridized carbons (Fsp3) is 0.261. The molecular weight excluding hydrogens is 348 g/mol. The molecule has 1 aliphatic rings. The number of aryl methyl sites for hydroxylation is 1. The summed E-state index contributed by atoms with van der Waals surface area (Å²) in [6, 6.07) is 17.8. The molecule has 2 aromatic heterocycles. The average Bonchev–Trinajstić information content (AvgIpc) is 2.75. The minimum Gasteiger partial charge on any atom is -0.336 e. The van der Waals surface area contributed by atoms with E-state index < -0.39 is 0 Å². The van der Waals surface area contributed by atoms with Crippen LogP contribution >= 0.6 is 0 Å². The highest BCUT2D eigenvalue weighted by atomic mass is 16.2. The molecule has 0 unspecified atom stereocenters. The summed E-state index contributed by atoms with van der Waals surface area (Å²) in [7, 11) is 0. The van der Waals surface area contributed by atoms with Crippen LogP contribution in [0.3, 0.4) is 0 Å². The van der Waals surface area contributed by atoms with E-state index in [0.717, 1.165) is 60.8 Å². The highest BCUT2D eigenvalue weighted by molar-refractivity contribution is 5.94. The normalized spacial score (nSPS) is 14.8. The number of aromatic nitrogens is 2. The van der Waals surface area contributed by atoms with Crippen molar-refractivity contribution in [1.29, 1.82) is 0 Å². The molecule has 0 atom stereocenters. The molecule has 0 N–H and O–H groups in total. The molecular formula is C23H24N4O. The van der Waals surface area contributed by atoms with Crippen molar-refractivity contribution in [1.82, 2.24) is 19.8 Å². The molecule has 4 rings (SSSR count). The standard InChI is InChI=1S/C23H24N4O/c1-18-5-4-12-25-22(18)19-7-9-20(10-8-19)23(28)27-15-13-26(14-16-27)17-21-6-2-3-11-24-21/h2-12H,13-17H2,1H3. The van der Waals surface area contributed by atoms with Gasteiger partial charge in [-0.05, 0) is 42.8 Å². The van der Waals surface area contributed by atoms with Crippen molar-refractivity contribution in [2.45, 2.75) is 13.5 Å². The van der Waals surface area contributed by atoms with E-state index >= 15 is 0 Å². The Morgan fingerprint density at radius 3 is 2.32 bits per heavy atom. The predicted octanol–water partition coefficient (Wildman–Crippen LogP) is 3.41. The summed E-state index contributed by atoms with van der Waals surface area (Å²) >= 11 is 0. The molecule has 0 saturated carbocycles. The monoisotopic (exact) mass is 372 g/mol. The molecule has 0 bridgehead atoms. The second-order valence-electron chi connectivity index (χ2n) is 7.14. The molecule has 28 heavy (non-hydrogen) atoms. The Bertz CT molecular complexity index is 932. The Balaban J connectivity index is 1.37. The summed E-state index contributed by atoms with van der Waals surface area (Å²) in [5.41, 5.74) is 4.93. The number of carbonyl (C=O) groups excluding carboxylic acids is 1. The van der Waals surface area contributed by atoms with E-state index in [1.165, 1.54) is 0 Å². The number of hydrogen-bond donors (Lipinski definition) is 0. The molecule has 142 valence electrons. The molecule has 1 aromatic carbocycles. The summed E-state index contributed by atoms with van der Waals surface area (Å²) in [5.74, 6) is 0.0989. The zero-order chi connectivity index (χ0) is 19.3. The van der Waals surface area contributed by atoms with Gasteiger partial charge in [-0.25, -0.2) is 0 Å². The lowest BCUT2D eigenvalue weighted by Gasteiger charge is -2.34. The second-order valence-corrected chi connectivity index (χ2v) is 7.14. The highest BCUT2D eigenvalue weighted by Gasteiger charge is 2.22. The maximum Gasteiger partial charge on any atom is 0.253 e. The van der Waals surface area contributed by atoms with Gasteiger partial charge in [0.15, 0.2) is 0 Å². The molecule has 0 radical (unpaired) electrons. The molecule has 1 saturated heterocycles. The minimum absolute atomic E-state index is 0.0989. The van der Waals surface area contributed by atoms with Crippen LogP contribution in [0.4, 0.5) is 0 Å². The highest BCUT2D eigenvalue weighted by Crippen LogP contribution is 2.21. The van der Waals surface area contributed by atoms with Gasteiger partial charge in [0.2, 0.25) is 0 Å². The Morgan fingerprint density at radius 1 is 0.893 bits per heavy atom. The Kier molecular flexibility index (Phi) is 5.44. The number of pyridine rings is 2. The lowest BCUT2D eigenvalue weighted by atomic mass is 10.0. The number of piperazine rings is 1. The van der Waals surface area contributed by atoms with Gasteiger partial charge in [0.05, 0.1) is 11.4 Å². The van der Waals surface area contributed by atoms with E-state index in [4.69, 9.17) is 0 Å². The molecule has 1 amide bonds. The molecule has 3 aromatic rings. The van der Waals surface area contributed by atoms with Crippen molar-refractivity contribution in [2.24, 2.45) is 0 Å². The number of hydrogen-bond acceptors (Lipinski definition) is 4. The van der Waals surface area contributed by atoms with Crippen LogP contribution < -0.4 is 0 Å². The lowest BCUT2D eigenvalue weighted by Crippen LogP contribution is -2.48. The molecule has 1 fully saturated rings. The quantitative estimate of drug-likeness (QED) is 0.704. The van der Waals surface area contributed by atoms with Gasteiger partial charge in [0.1, 0.15) is 0 Å². The van der Waals surface area contributed by atoms with Crippen molar-refractivity contribution in [3.05, 3.63) is 83.8 Å². The molecule has 5 heteroatoms. The zero-order valence-corrected chi connectivity index (χ0v) is 16.1. The number of rotatable bonds is 4. The second kappa shape index (κ2) is 8.31. The number of carbonyl (C=O) groups is 1. The van der Waals surface area contributed by atoms with E-state index in [2.05, 4.69) is 14.9 Å². The molecule has 3 heterocycles. The van der Waals surface area contributed by atoms with Crippen molar-refractivity contribution in [3.63, 3.8) is 0 Å². The van der Waals surface area contributed by atoms with Crippen LogP contribution in [0.15, 0.2) is 67.0 Å². The van der Waals surface area contributed by atoms with Crippen LogP contribution in [0, 0.1) is 6.92 Å². The van der Waals surface area contributed by atoms with Crippen LogP contribution in [0.2, 0.25) is 0 Å². The van der Waals surface area contributed by atoms with Crippen LogP contribution in [-0.2, 0) is 6.54 Å². The van der Waals surface area contributed by atoms with Crippen molar-refractivity contribution in [2.75, 3.05) is 26.2 Å². The van der Waals surface area contributed by atoms with E-state index in [-0.39, 0.29) is 5.91 Å². The number of nitrogens with zero attached hydrogens (tertiary/aromatic N) is 4. The number of amides is 1. The van der Waals surface area contributed by atoms with Gasteiger partial charge in [-0.3, -0.25) is 19.7 Å². The summed E-state index contributed by atoms with van der Waals surface area (Å²) < 4.78 is 0. The first-order valence-corrected chi connectivity index (χ1v) is 9.64. The number of benzene rings is 1. The Morgan fingerprint density at radius 2 is 1.64 bits per heavy atom. The average molecular weight is 372 g/mol. The van der Waals surface area contributed by atoms with Crippen LogP contribution in [0.5, 0.6) is 0 Å². The van der Waals surface area contributed by atoms with Gasteiger partial charge >= 0.3 is 0 Å². The van der Waals surface area contributed by atoms with Crippen LogP contribution in [-0.4, -0.2) is 51.9 Å². The summed E-state index contributed by atoms with van der Waals surface area (Å²) in [5, 5.41) is 0. The minimum atomic E-state index is 0.0989. The maximum atomic E-state index is 12.9. The van der Waals surface area contributed by atoms with E-state index in [0.29, 0.717) is 0 Å². The summed E-state index contributed by atoms with van der Waals surface area (Å²) in [6.07, 6.45) is 3.62. The van der Waals surface area contributed by atoms with Gasteiger partial charge in [-0.15, -0.1) is 0 Å². The van der Waals surface area contributed by atoms with E-state index in [9.17, 15) is 4.79 Å². The van der Waals surface area contributed by atoms with Gasteiger partial charge in [-0.1, -0.05) is 24.3 Å².